The second-order valence-corrected chi connectivity index (χ2v) is 2.60. The van der Waals surface area contributed by atoms with Gasteiger partial charge in [0.05, 0.1) is 6.61 Å². The number of hydrogen-bond acceptors (Lipinski definition) is 3. The molecule has 0 heterocycles. The van der Waals surface area contributed by atoms with Crippen molar-refractivity contribution in [1.82, 2.24) is 5.32 Å². The van der Waals surface area contributed by atoms with Crippen molar-refractivity contribution in [2.24, 2.45) is 0 Å². The third-order valence-electron chi connectivity index (χ3n) is 1.77. The lowest BCUT2D eigenvalue weighted by Crippen LogP contribution is -2.07. The van der Waals surface area contributed by atoms with E-state index in [-0.39, 0.29) is 12.4 Å². The van der Waals surface area contributed by atoms with Gasteiger partial charge in [-0.25, -0.2) is 0 Å². The van der Waals surface area contributed by atoms with E-state index in [2.05, 4.69) is 5.32 Å². The molecule has 0 fully saturated rings. The molecular weight excluding hydrogens is 154 g/mol. The summed E-state index contributed by atoms with van der Waals surface area (Å²) in [7, 11) is 1.80. The van der Waals surface area contributed by atoms with Gasteiger partial charge in [0.1, 0.15) is 5.75 Å². The van der Waals surface area contributed by atoms with E-state index in [1.54, 1.807) is 25.2 Å². The third kappa shape index (κ3) is 1.75. The van der Waals surface area contributed by atoms with Crippen LogP contribution in [0.1, 0.15) is 11.1 Å². The van der Waals surface area contributed by atoms with Gasteiger partial charge in [-0.1, -0.05) is 12.1 Å². The molecule has 3 nitrogen and oxygen atoms in total. The molecule has 0 spiro atoms. The first-order chi connectivity index (χ1) is 5.79. The standard InChI is InChI=1S/C9H13NO2/c1-10-5-8-7(6-11)3-2-4-9(8)12/h2-4,10-12H,5-6H2,1H3. The SMILES string of the molecule is CNCc1c(O)cccc1CO. The lowest BCUT2D eigenvalue weighted by atomic mass is 10.1. The number of aliphatic hydroxyl groups excluding tert-OH is 1. The Labute approximate surface area is 71.7 Å². The second kappa shape index (κ2) is 4.09. The number of aliphatic hydroxyl groups is 1. The monoisotopic (exact) mass is 167 g/mol. The normalized spacial score (nSPS) is 10.2. The lowest BCUT2D eigenvalue weighted by molar-refractivity contribution is 0.279. The highest BCUT2D eigenvalue weighted by atomic mass is 16.3. The summed E-state index contributed by atoms with van der Waals surface area (Å²) in [6.07, 6.45) is 0. The van der Waals surface area contributed by atoms with Crippen molar-refractivity contribution >= 4 is 0 Å². The van der Waals surface area contributed by atoms with Crippen LogP contribution in [-0.2, 0) is 13.2 Å². The van der Waals surface area contributed by atoms with Gasteiger partial charge in [0.2, 0.25) is 0 Å². The van der Waals surface area contributed by atoms with Crippen LogP contribution in [0.3, 0.4) is 0 Å². The van der Waals surface area contributed by atoms with Gasteiger partial charge in [0.25, 0.3) is 0 Å². The number of aromatic hydroxyl groups is 1. The Hall–Kier alpha value is -1.06. The fourth-order valence-electron chi connectivity index (χ4n) is 1.15. The Bertz CT molecular complexity index is 261. The molecule has 0 aromatic heterocycles. The zero-order valence-corrected chi connectivity index (χ0v) is 7.04. The topological polar surface area (TPSA) is 52.5 Å². The summed E-state index contributed by atoms with van der Waals surface area (Å²) in [4.78, 5) is 0. The maximum absolute atomic E-state index is 9.40. The van der Waals surface area contributed by atoms with Crippen LogP contribution in [0.25, 0.3) is 0 Å². The molecule has 66 valence electrons. The minimum absolute atomic E-state index is 0.0363. The number of nitrogens with one attached hydrogen (secondary N) is 1. The summed E-state index contributed by atoms with van der Waals surface area (Å²) >= 11 is 0. The number of rotatable bonds is 3. The first-order valence-electron chi connectivity index (χ1n) is 3.84. The molecule has 0 aliphatic rings. The van der Waals surface area contributed by atoms with Crippen LogP contribution in [0, 0.1) is 0 Å². The van der Waals surface area contributed by atoms with E-state index in [1.807, 2.05) is 0 Å². The van der Waals surface area contributed by atoms with Crippen molar-refractivity contribution in [2.45, 2.75) is 13.2 Å². The van der Waals surface area contributed by atoms with Crippen molar-refractivity contribution in [3.8, 4) is 5.75 Å². The van der Waals surface area contributed by atoms with Gasteiger partial charge in [-0.15, -0.1) is 0 Å². The van der Waals surface area contributed by atoms with E-state index in [1.165, 1.54) is 0 Å². The van der Waals surface area contributed by atoms with Gasteiger partial charge in [-0.2, -0.15) is 0 Å². The Morgan fingerprint density at radius 1 is 1.42 bits per heavy atom. The minimum atomic E-state index is -0.0363. The number of benzene rings is 1. The Morgan fingerprint density at radius 2 is 2.17 bits per heavy atom. The summed E-state index contributed by atoms with van der Waals surface area (Å²) in [6.45, 7) is 0.536. The molecule has 0 radical (unpaired) electrons. The summed E-state index contributed by atoms with van der Waals surface area (Å²) < 4.78 is 0. The first-order valence-corrected chi connectivity index (χ1v) is 3.84. The molecule has 0 aliphatic heterocycles. The lowest BCUT2D eigenvalue weighted by Gasteiger charge is -2.08. The molecule has 3 N–H and O–H groups in total. The van der Waals surface area contributed by atoms with Gasteiger partial charge in [0.15, 0.2) is 0 Å². The molecule has 0 saturated carbocycles. The molecule has 1 aromatic rings. The summed E-state index contributed by atoms with van der Waals surface area (Å²) in [6, 6.07) is 5.14. The quantitative estimate of drug-likeness (QED) is 0.618. The maximum atomic E-state index is 9.40. The Kier molecular flexibility index (Phi) is 3.08. The van der Waals surface area contributed by atoms with Crippen molar-refractivity contribution in [2.75, 3.05) is 7.05 Å². The van der Waals surface area contributed by atoms with Gasteiger partial charge in [0, 0.05) is 12.1 Å². The van der Waals surface area contributed by atoms with E-state index in [4.69, 9.17) is 5.11 Å². The second-order valence-electron chi connectivity index (χ2n) is 2.60. The largest absolute Gasteiger partial charge is 0.508 e. The van der Waals surface area contributed by atoms with E-state index in [0.29, 0.717) is 6.54 Å². The van der Waals surface area contributed by atoms with Crippen LogP contribution in [0.4, 0.5) is 0 Å². The highest BCUT2D eigenvalue weighted by Gasteiger charge is 2.04. The Morgan fingerprint density at radius 3 is 2.75 bits per heavy atom. The van der Waals surface area contributed by atoms with Crippen LogP contribution < -0.4 is 5.32 Å². The summed E-state index contributed by atoms with van der Waals surface area (Å²) in [5.41, 5.74) is 1.53. The Balaban J connectivity index is 3.02. The minimum Gasteiger partial charge on any atom is -0.508 e. The van der Waals surface area contributed by atoms with E-state index in [9.17, 15) is 5.11 Å². The van der Waals surface area contributed by atoms with Gasteiger partial charge >= 0.3 is 0 Å². The molecule has 0 bridgehead atoms. The fraction of sp³-hybridized carbons (Fsp3) is 0.333. The van der Waals surface area contributed by atoms with Gasteiger partial charge in [-0.3, -0.25) is 0 Å². The molecule has 0 amide bonds. The molecule has 1 rings (SSSR count). The molecule has 0 unspecified atom stereocenters. The zero-order valence-electron chi connectivity index (χ0n) is 7.04. The number of phenols is 1. The molecule has 0 aliphatic carbocycles. The molecule has 0 saturated heterocycles. The smallest absolute Gasteiger partial charge is 0.120 e. The highest BCUT2D eigenvalue weighted by molar-refractivity contribution is 5.38. The molecule has 12 heavy (non-hydrogen) atoms. The van der Waals surface area contributed by atoms with Crippen molar-refractivity contribution in [1.29, 1.82) is 0 Å². The van der Waals surface area contributed by atoms with E-state index >= 15 is 0 Å². The molecule has 1 aromatic carbocycles. The van der Waals surface area contributed by atoms with E-state index < -0.39 is 0 Å². The maximum Gasteiger partial charge on any atom is 0.120 e. The van der Waals surface area contributed by atoms with E-state index in [0.717, 1.165) is 11.1 Å². The average Bonchev–Trinajstić information content (AvgIpc) is 2.09. The van der Waals surface area contributed by atoms with Crippen molar-refractivity contribution in [3.63, 3.8) is 0 Å². The van der Waals surface area contributed by atoms with Crippen LogP contribution in [0.2, 0.25) is 0 Å². The van der Waals surface area contributed by atoms with Crippen molar-refractivity contribution in [3.05, 3.63) is 29.3 Å². The summed E-state index contributed by atoms with van der Waals surface area (Å²) in [5.74, 6) is 0.232. The number of phenolic OH excluding ortho intramolecular Hbond substituents is 1. The van der Waals surface area contributed by atoms with Crippen LogP contribution in [0.5, 0.6) is 5.75 Å². The van der Waals surface area contributed by atoms with Gasteiger partial charge in [-0.05, 0) is 18.7 Å². The third-order valence-corrected chi connectivity index (χ3v) is 1.77. The van der Waals surface area contributed by atoms with Crippen LogP contribution in [-0.4, -0.2) is 17.3 Å². The van der Waals surface area contributed by atoms with Crippen LogP contribution >= 0.6 is 0 Å². The van der Waals surface area contributed by atoms with Crippen LogP contribution in [0.15, 0.2) is 18.2 Å². The van der Waals surface area contributed by atoms with Gasteiger partial charge < -0.3 is 15.5 Å². The zero-order chi connectivity index (χ0) is 8.97. The number of hydrogen-bond donors (Lipinski definition) is 3. The molecular formula is C9H13NO2. The summed E-state index contributed by atoms with van der Waals surface area (Å²) in [5, 5.41) is 21.3. The van der Waals surface area contributed by atoms with Crippen molar-refractivity contribution < 1.29 is 10.2 Å². The average molecular weight is 167 g/mol. The molecule has 3 heteroatoms. The highest BCUT2D eigenvalue weighted by Crippen LogP contribution is 2.20. The predicted octanol–water partition coefficient (Wildman–Crippen LogP) is 0.604. The molecule has 0 atom stereocenters. The fourth-order valence-corrected chi connectivity index (χ4v) is 1.15. The predicted molar refractivity (Wildman–Crippen MR) is 46.8 cm³/mol. The first kappa shape index (κ1) is 9.03.